The van der Waals surface area contributed by atoms with Crippen LogP contribution in [0, 0.1) is 12.8 Å². The highest BCUT2D eigenvalue weighted by Gasteiger charge is 2.21. The summed E-state index contributed by atoms with van der Waals surface area (Å²) in [5.41, 5.74) is 2.42. The largest absolute Gasteiger partial charge is 0.314 e. The third-order valence-electron chi connectivity index (χ3n) is 4.79. The van der Waals surface area contributed by atoms with Crippen molar-refractivity contribution < 1.29 is 0 Å². The van der Waals surface area contributed by atoms with Crippen LogP contribution in [0.15, 0.2) is 4.47 Å². The van der Waals surface area contributed by atoms with E-state index in [0.29, 0.717) is 6.04 Å². The van der Waals surface area contributed by atoms with Gasteiger partial charge in [0.1, 0.15) is 0 Å². The maximum atomic E-state index is 4.53. The standard InChI is InChI=1S/C17H30BrN3/c1-4-19-15(11-14-9-7-5-6-8-10-14)12-16-17(18)13(2)20-21(16)3/h14-15,19H,4-12H2,1-3H3. The normalized spacial score (nSPS) is 18.7. The molecule has 4 heteroatoms. The van der Waals surface area contributed by atoms with Gasteiger partial charge in [-0.2, -0.15) is 5.10 Å². The lowest BCUT2D eigenvalue weighted by Gasteiger charge is -2.23. The topological polar surface area (TPSA) is 29.9 Å². The van der Waals surface area contributed by atoms with E-state index in [0.717, 1.165) is 24.6 Å². The highest BCUT2D eigenvalue weighted by molar-refractivity contribution is 9.10. The van der Waals surface area contributed by atoms with Crippen molar-refractivity contribution in [3.8, 4) is 0 Å². The summed E-state index contributed by atoms with van der Waals surface area (Å²) in [5, 5.41) is 8.23. The van der Waals surface area contributed by atoms with Gasteiger partial charge in [0.25, 0.3) is 0 Å². The van der Waals surface area contributed by atoms with E-state index in [2.05, 4.69) is 47.2 Å². The van der Waals surface area contributed by atoms with E-state index in [4.69, 9.17) is 0 Å². The van der Waals surface area contributed by atoms with Crippen LogP contribution in [0.4, 0.5) is 0 Å². The van der Waals surface area contributed by atoms with Crippen molar-refractivity contribution in [2.75, 3.05) is 6.54 Å². The van der Waals surface area contributed by atoms with Crippen LogP contribution < -0.4 is 5.32 Å². The summed E-state index contributed by atoms with van der Waals surface area (Å²) in [6.07, 6.45) is 11.0. The van der Waals surface area contributed by atoms with Gasteiger partial charge in [-0.05, 0) is 41.7 Å². The minimum absolute atomic E-state index is 0.573. The molecule has 21 heavy (non-hydrogen) atoms. The maximum Gasteiger partial charge on any atom is 0.0738 e. The second-order valence-corrected chi connectivity index (χ2v) is 7.31. The van der Waals surface area contributed by atoms with Crippen LogP contribution in [0.2, 0.25) is 0 Å². The quantitative estimate of drug-likeness (QED) is 0.767. The van der Waals surface area contributed by atoms with E-state index in [1.165, 1.54) is 55.1 Å². The molecule has 0 bridgehead atoms. The minimum Gasteiger partial charge on any atom is -0.314 e. The fourth-order valence-electron chi connectivity index (χ4n) is 3.66. The van der Waals surface area contributed by atoms with Gasteiger partial charge in [-0.15, -0.1) is 0 Å². The zero-order valence-electron chi connectivity index (χ0n) is 13.8. The summed E-state index contributed by atoms with van der Waals surface area (Å²) in [6.45, 7) is 5.33. The summed E-state index contributed by atoms with van der Waals surface area (Å²) in [7, 11) is 2.06. The molecule has 0 aromatic carbocycles. The van der Waals surface area contributed by atoms with Crippen molar-refractivity contribution in [3.05, 3.63) is 15.9 Å². The smallest absolute Gasteiger partial charge is 0.0738 e. The van der Waals surface area contributed by atoms with Crippen LogP contribution in [0.3, 0.4) is 0 Å². The number of aryl methyl sites for hydroxylation is 2. The molecule has 1 aliphatic rings. The third-order valence-corrected chi connectivity index (χ3v) is 5.82. The van der Waals surface area contributed by atoms with Gasteiger partial charge >= 0.3 is 0 Å². The molecular weight excluding hydrogens is 326 g/mol. The van der Waals surface area contributed by atoms with Gasteiger partial charge in [0.2, 0.25) is 0 Å². The van der Waals surface area contributed by atoms with Crippen molar-refractivity contribution in [1.29, 1.82) is 0 Å². The maximum absolute atomic E-state index is 4.53. The molecule has 0 saturated heterocycles. The highest BCUT2D eigenvalue weighted by Crippen LogP contribution is 2.28. The molecule has 1 saturated carbocycles. The molecular formula is C17H30BrN3. The molecule has 1 unspecified atom stereocenters. The van der Waals surface area contributed by atoms with E-state index in [9.17, 15) is 0 Å². The average molecular weight is 356 g/mol. The Labute approximate surface area is 138 Å². The van der Waals surface area contributed by atoms with Gasteiger partial charge in [-0.3, -0.25) is 4.68 Å². The van der Waals surface area contributed by atoms with Crippen molar-refractivity contribution >= 4 is 15.9 Å². The molecule has 0 amide bonds. The lowest BCUT2D eigenvalue weighted by Crippen LogP contribution is -2.33. The molecule has 1 heterocycles. The highest BCUT2D eigenvalue weighted by atomic mass is 79.9. The van der Waals surface area contributed by atoms with Gasteiger partial charge in [0.15, 0.2) is 0 Å². The first-order valence-electron chi connectivity index (χ1n) is 8.53. The van der Waals surface area contributed by atoms with Crippen LogP contribution in [-0.4, -0.2) is 22.4 Å². The number of halogens is 1. The van der Waals surface area contributed by atoms with Gasteiger partial charge in [0.05, 0.1) is 15.9 Å². The van der Waals surface area contributed by atoms with Gasteiger partial charge in [-0.1, -0.05) is 45.4 Å². The molecule has 1 fully saturated rings. The van der Waals surface area contributed by atoms with Crippen LogP contribution in [0.1, 0.15) is 63.3 Å². The SMILES string of the molecule is CCNC(Cc1c(Br)c(C)nn1C)CC1CCCCCC1. The van der Waals surface area contributed by atoms with E-state index < -0.39 is 0 Å². The fourth-order valence-corrected chi connectivity index (χ4v) is 4.16. The summed E-state index contributed by atoms with van der Waals surface area (Å²) < 4.78 is 3.23. The third kappa shape index (κ3) is 4.82. The first kappa shape index (κ1) is 17.0. The van der Waals surface area contributed by atoms with E-state index >= 15 is 0 Å². The molecule has 3 nitrogen and oxygen atoms in total. The predicted octanol–water partition coefficient (Wildman–Crippen LogP) is 4.37. The molecule has 0 aliphatic heterocycles. The second-order valence-electron chi connectivity index (χ2n) is 6.52. The molecule has 120 valence electrons. The Balaban J connectivity index is 2.00. The van der Waals surface area contributed by atoms with E-state index in [1.54, 1.807) is 0 Å². The van der Waals surface area contributed by atoms with Crippen molar-refractivity contribution in [3.63, 3.8) is 0 Å². The lowest BCUT2D eigenvalue weighted by atomic mass is 9.90. The molecule has 1 aromatic heterocycles. The Bertz CT molecular complexity index is 433. The summed E-state index contributed by atoms with van der Waals surface area (Å²) in [4.78, 5) is 0. The monoisotopic (exact) mass is 355 g/mol. The Morgan fingerprint density at radius 3 is 2.48 bits per heavy atom. The Morgan fingerprint density at radius 2 is 1.95 bits per heavy atom. The van der Waals surface area contributed by atoms with E-state index in [1.807, 2.05) is 4.68 Å². The van der Waals surface area contributed by atoms with Crippen molar-refractivity contribution in [2.24, 2.45) is 13.0 Å². The molecule has 0 radical (unpaired) electrons. The lowest BCUT2D eigenvalue weighted by molar-refractivity contribution is 0.349. The van der Waals surface area contributed by atoms with Gasteiger partial charge in [0, 0.05) is 19.5 Å². The van der Waals surface area contributed by atoms with Gasteiger partial charge < -0.3 is 5.32 Å². The number of hydrogen-bond donors (Lipinski definition) is 1. The molecule has 1 atom stereocenters. The summed E-state index contributed by atoms with van der Waals surface area (Å²) >= 11 is 3.71. The number of rotatable bonds is 6. The zero-order chi connectivity index (χ0) is 15.2. The second kappa shape index (κ2) is 8.33. The van der Waals surface area contributed by atoms with Crippen LogP contribution >= 0.6 is 15.9 Å². The first-order valence-corrected chi connectivity index (χ1v) is 9.32. The fraction of sp³-hybridized carbons (Fsp3) is 0.824. The van der Waals surface area contributed by atoms with E-state index in [-0.39, 0.29) is 0 Å². The Kier molecular flexibility index (Phi) is 6.74. The van der Waals surface area contributed by atoms with Crippen molar-refractivity contribution in [1.82, 2.24) is 15.1 Å². The minimum atomic E-state index is 0.573. The molecule has 1 N–H and O–H groups in total. The molecule has 1 aromatic rings. The summed E-state index contributed by atoms with van der Waals surface area (Å²) in [5.74, 6) is 0.907. The molecule has 0 spiro atoms. The average Bonchev–Trinajstić information content (AvgIpc) is 2.66. The predicted molar refractivity (Wildman–Crippen MR) is 92.6 cm³/mol. The zero-order valence-corrected chi connectivity index (χ0v) is 15.4. The van der Waals surface area contributed by atoms with Crippen LogP contribution in [0.5, 0.6) is 0 Å². The number of nitrogens with zero attached hydrogens (tertiary/aromatic N) is 2. The Hall–Kier alpha value is -0.350. The molecule has 1 aliphatic carbocycles. The number of nitrogens with one attached hydrogen (secondary N) is 1. The first-order chi connectivity index (χ1) is 10.1. The number of aromatic nitrogens is 2. The Morgan fingerprint density at radius 1 is 1.29 bits per heavy atom. The van der Waals surface area contributed by atoms with Crippen LogP contribution in [-0.2, 0) is 13.5 Å². The van der Waals surface area contributed by atoms with Crippen LogP contribution in [0.25, 0.3) is 0 Å². The van der Waals surface area contributed by atoms with Gasteiger partial charge in [-0.25, -0.2) is 0 Å². The number of likely N-dealkylation sites (N-methyl/N-ethyl adjacent to an activating group) is 1. The summed E-state index contributed by atoms with van der Waals surface area (Å²) in [6, 6.07) is 0.573. The number of hydrogen-bond acceptors (Lipinski definition) is 2. The molecule has 2 rings (SSSR count). The van der Waals surface area contributed by atoms with Crippen molar-refractivity contribution in [2.45, 2.75) is 71.3 Å².